The standard InChI is InChI=1S/C18H22ClN3O/c1-13(2)20-12-17(23)22-11-10-21-9-5-8-16(21)18(22)14-6-3-4-7-15(14)19/h3-9,13,18,20H,10-12H2,1-2H3. The normalized spacial score (nSPS) is 17.4. The van der Waals surface area contributed by atoms with Gasteiger partial charge in [0.15, 0.2) is 0 Å². The van der Waals surface area contributed by atoms with Crippen molar-refractivity contribution in [3.8, 4) is 0 Å². The molecule has 0 fully saturated rings. The predicted molar refractivity (Wildman–Crippen MR) is 92.6 cm³/mol. The van der Waals surface area contributed by atoms with E-state index in [9.17, 15) is 4.79 Å². The molecular weight excluding hydrogens is 310 g/mol. The van der Waals surface area contributed by atoms with Crippen molar-refractivity contribution >= 4 is 17.5 Å². The van der Waals surface area contributed by atoms with Crippen molar-refractivity contribution < 1.29 is 4.79 Å². The minimum Gasteiger partial charge on any atom is -0.348 e. The van der Waals surface area contributed by atoms with Gasteiger partial charge >= 0.3 is 0 Å². The first kappa shape index (κ1) is 16.1. The van der Waals surface area contributed by atoms with E-state index in [1.54, 1.807) is 0 Å². The van der Waals surface area contributed by atoms with E-state index in [0.717, 1.165) is 17.8 Å². The highest BCUT2D eigenvalue weighted by Gasteiger charge is 2.32. The molecule has 1 unspecified atom stereocenters. The maximum absolute atomic E-state index is 12.7. The molecule has 1 atom stereocenters. The Hall–Kier alpha value is -1.78. The molecule has 3 rings (SSSR count). The van der Waals surface area contributed by atoms with Gasteiger partial charge in [-0.25, -0.2) is 0 Å². The Kier molecular flexibility index (Phi) is 4.74. The molecule has 5 heteroatoms. The first-order valence-corrected chi connectivity index (χ1v) is 8.38. The number of nitrogens with one attached hydrogen (secondary N) is 1. The largest absolute Gasteiger partial charge is 0.348 e. The maximum Gasteiger partial charge on any atom is 0.237 e. The first-order chi connectivity index (χ1) is 11.1. The molecule has 0 aliphatic carbocycles. The Morgan fingerprint density at radius 3 is 2.78 bits per heavy atom. The summed E-state index contributed by atoms with van der Waals surface area (Å²) >= 11 is 6.43. The summed E-state index contributed by atoms with van der Waals surface area (Å²) in [5.41, 5.74) is 2.09. The van der Waals surface area contributed by atoms with Gasteiger partial charge in [-0.1, -0.05) is 43.6 Å². The lowest BCUT2D eigenvalue weighted by Gasteiger charge is -2.38. The minimum atomic E-state index is -0.131. The van der Waals surface area contributed by atoms with Gasteiger partial charge in [0.1, 0.15) is 0 Å². The molecule has 0 spiro atoms. The van der Waals surface area contributed by atoms with Gasteiger partial charge in [-0.2, -0.15) is 0 Å². The number of benzene rings is 1. The molecule has 1 amide bonds. The zero-order valence-electron chi connectivity index (χ0n) is 13.5. The topological polar surface area (TPSA) is 37.3 Å². The van der Waals surface area contributed by atoms with Gasteiger partial charge in [0.05, 0.1) is 12.6 Å². The molecule has 23 heavy (non-hydrogen) atoms. The van der Waals surface area contributed by atoms with Crippen LogP contribution >= 0.6 is 11.6 Å². The summed E-state index contributed by atoms with van der Waals surface area (Å²) < 4.78 is 2.20. The highest BCUT2D eigenvalue weighted by molar-refractivity contribution is 6.31. The fraction of sp³-hybridized carbons (Fsp3) is 0.389. The number of nitrogens with zero attached hydrogens (tertiary/aromatic N) is 2. The monoisotopic (exact) mass is 331 g/mol. The van der Waals surface area contributed by atoms with Gasteiger partial charge in [-0.3, -0.25) is 4.79 Å². The number of aromatic nitrogens is 1. The molecule has 1 aromatic heterocycles. The summed E-state index contributed by atoms with van der Waals surface area (Å²) in [5, 5.41) is 3.91. The molecule has 0 radical (unpaired) electrons. The molecule has 2 aromatic rings. The van der Waals surface area contributed by atoms with Gasteiger partial charge in [0.2, 0.25) is 5.91 Å². The summed E-state index contributed by atoms with van der Waals surface area (Å²) in [6, 6.07) is 12.0. The van der Waals surface area contributed by atoms with Crippen molar-refractivity contribution in [2.45, 2.75) is 32.5 Å². The number of rotatable bonds is 4. The van der Waals surface area contributed by atoms with E-state index >= 15 is 0 Å². The van der Waals surface area contributed by atoms with Crippen molar-refractivity contribution in [1.82, 2.24) is 14.8 Å². The highest BCUT2D eigenvalue weighted by atomic mass is 35.5. The molecule has 122 valence electrons. The van der Waals surface area contributed by atoms with E-state index in [1.807, 2.05) is 49.1 Å². The van der Waals surface area contributed by atoms with E-state index in [2.05, 4.69) is 22.1 Å². The van der Waals surface area contributed by atoms with Crippen LogP contribution in [0.1, 0.15) is 31.1 Å². The number of carbonyl (C=O) groups excluding carboxylic acids is 1. The van der Waals surface area contributed by atoms with Crippen molar-refractivity contribution in [3.05, 3.63) is 58.9 Å². The number of hydrogen-bond donors (Lipinski definition) is 1. The van der Waals surface area contributed by atoms with Gasteiger partial charge in [-0.05, 0) is 23.8 Å². The van der Waals surface area contributed by atoms with Crippen LogP contribution in [0.3, 0.4) is 0 Å². The second kappa shape index (κ2) is 6.77. The third-order valence-corrected chi connectivity index (χ3v) is 4.56. The van der Waals surface area contributed by atoms with Crippen molar-refractivity contribution in [2.24, 2.45) is 0 Å². The molecule has 0 saturated heterocycles. The van der Waals surface area contributed by atoms with E-state index in [-0.39, 0.29) is 18.0 Å². The lowest BCUT2D eigenvalue weighted by Crippen LogP contribution is -2.46. The summed E-state index contributed by atoms with van der Waals surface area (Å²) in [4.78, 5) is 14.7. The number of carbonyl (C=O) groups is 1. The second-order valence-electron chi connectivity index (χ2n) is 6.17. The van der Waals surface area contributed by atoms with Crippen LogP contribution in [-0.2, 0) is 11.3 Å². The Bertz CT molecular complexity index is 695. The smallest absolute Gasteiger partial charge is 0.237 e. The van der Waals surface area contributed by atoms with Crippen LogP contribution in [0.15, 0.2) is 42.6 Å². The summed E-state index contributed by atoms with van der Waals surface area (Å²) in [6.45, 7) is 5.94. The Labute approximate surface area is 142 Å². The van der Waals surface area contributed by atoms with E-state index < -0.39 is 0 Å². The Balaban J connectivity index is 1.96. The summed E-state index contributed by atoms with van der Waals surface area (Å²) in [5.74, 6) is 0.107. The number of amides is 1. The second-order valence-corrected chi connectivity index (χ2v) is 6.58. The van der Waals surface area contributed by atoms with Crippen molar-refractivity contribution in [1.29, 1.82) is 0 Å². The molecule has 1 aliphatic heterocycles. The Morgan fingerprint density at radius 2 is 2.04 bits per heavy atom. The lowest BCUT2D eigenvalue weighted by molar-refractivity contribution is -0.133. The van der Waals surface area contributed by atoms with Gasteiger partial charge in [-0.15, -0.1) is 0 Å². The number of hydrogen-bond acceptors (Lipinski definition) is 2. The molecule has 1 aliphatic rings. The van der Waals surface area contributed by atoms with Crippen LogP contribution in [0.2, 0.25) is 5.02 Å². The van der Waals surface area contributed by atoms with Crippen LogP contribution in [0.5, 0.6) is 0 Å². The minimum absolute atomic E-state index is 0.107. The zero-order chi connectivity index (χ0) is 16.4. The highest BCUT2D eigenvalue weighted by Crippen LogP contribution is 2.35. The predicted octanol–water partition coefficient (Wildman–Crippen LogP) is 3.07. The Morgan fingerprint density at radius 1 is 1.26 bits per heavy atom. The fourth-order valence-corrected chi connectivity index (χ4v) is 3.31. The molecule has 2 heterocycles. The van der Waals surface area contributed by atoms with Crippen LogP contribution in [0.4, 0.5) is 0 Å². The van der Waals surface area contributed by atoms with Crippen LogP contribution < -0.4 is 5.32 Å². The molecule has 0 saturated carbocycles. The van der Waals surface area contributed by atoms with E-state index in [4.69, 9.17) is 11.6 Å². The molecule has 0 bridgehead atoms. The zero-order valence-corrected chi connectivity index (χ0v) is 14.3. The first-order valence-electron chi connectivity index (χ1n) is 8.00. The summed E-state index contributed by atoms with van der Waals surface area (Å²) in [6.07, 6.45) is 2.06. The van der Waals surface area contributed by atoms with Gasteiger partial charge < -0.3 is 14.8 Å². The third kappa shape index (κ3) is 3.28. The number of fused-ring (bicyclic) bond motifs is 1. The number of halogens is 1. The van der Waals surface area contributed by atoms with Gasteiger partial charge in [0, 0.05) is 36.0 Å². The van der Waals surface area contributed by atoms with E-state index in [1.165, 1.54) is 0 Å². The SMILES string of the molecule is CC(C)NCC(=O)N1CCn2cccc2C1c1ccccc1Cl. The van der Waals surface area contributed by atoms with Crippen molar-refractivity contribution in [2.75, 3.05) is 13.1 Å². The van der Waals surface area contributed by atoms with Gasteiger partial charge in [0.25, 0.3) is 0 Å². The lowest BCUT2D eigenvalue weighted by atomic mass is 9.99. The average molecular weight is 332 g/mol. The quantitative estimate of drug-likeness (QED) is 0.935. The van der Waals surface area contributed by atoms with Crippen LogP contribution in [0, 0.1) is 0 Å². The van der Waals surface area contributed by atoms with Crippen LogP contribution in [-0.4, -0.2) is 34.5 Å². The average Bonchev–Trinajstić information content (AvgIpc) is 3.01. The maximum atomic E-state index is 12.7. The van der Waals surface area contributed by atoms with Crippen molar-refractivity contribution in [3.63, 3.8) is 0 Å². The van der Waals surface area contributed by atoms with Crippen LogP contribution in [0.25, 0.3) is 0 Å². The molecule has 1 aromatic carbocycles. The molecule has 1 N–H and O–H groups in total. The van der Waals surface area contributed by atoms with E-state index in [0.29, 0.717) is 18.1 Å². The fourth-order valence-electron chi connectivity index (χ4n) is 3.07. The molecule has 4 nitrogen and oxygen atoms in total. The molecular formula is C18H22ClN3O. The summed E-state index contributed by atoms with van der Waals surface area (Å²) in [7, 11) is 0. The third-order valence-electron chi connectivity index (χ3n) is 4.22.